The number of hydrogen-bond acceptors (Lipinski definition) is 7. The molecule has 0 aliphatic carbocycles. The number of nitrogens with one attached hydrogen (secondary N) is 4. The van der Waals surface area contributed by atoms with Gasteiger partial charge in [0, 0.05) is 37.5 Å². The molecule has 0 atom stereocenters. The minimum Gasteiger partial charge on any atom is -0.375 e. The van der Waals surface area contributed by atoms with E-state index in [1.54, 1.807) is 18.2 Å². The van der Waals surface area contributed by atoms with Gasteiger partial charge in [0.1, 0.15) is 5.69 Å². The average molecular weight is 516 g/mol. The van der Waals surface area contributed by atoms with Gasteiger partial charge in [0.05, 0.1) is 22.8 Å². The second-order valence-electron chi connectivity index (χ2n) is 10.4. The summed E-state index contributed by atoms with van der Waals surface area (Å²) in [6.07, 6.45) is 3.04. The first-order valence-corrected chi connectivity index (χ1v) is 13.1. The van der Waals surface area contributed by atoms with E-state index in [9.17, 15) is 9.59 Å². The Morgan fingerprint density at radius 2 is 1.73 bits per heavy atom. The molecular weight excluding hydrogens is 470 g/mol. The van der Waals surface area contributed by atoms with E-state index < -0.39 is 0 Å². The smallest absolute Gasteiger partial charge is 0.319 e. The first kappa shape index (κ1) is 30.4. The SMILES string of the molecule is CCN(CC)CCNC(=O)c1cnc2cc(NC(=O)NCCC(C)(C)OCCC(C)(C)NC)ccc2n1. The van der Waals surface area contributed by atoms with Crippen molar-refractivity contribution < 1.29 is 14.3 Å². The van der Waals surface area contributed by atoms with E-state index in [0.29, 0.717) is 42.8 Å². The molecule has 0 bridgehead atoms. The second-order valence-corrected chi connectivity index (χ2v) is 10.4. The minimum absolute atomic E-state index is 0.0254. The minimum atomic E-state index is -0.342. The number of urea groups is 1. The zero-order valence-electron chi connectivity index (χ0n) is 23.5. The van der Waals surface area contributed by atoms with Gasteiger partial charge in [0.2, 0.25) is 0 Å². The number of anilines is 1. The summed E-state index contributed by atoms with van der Waals surface area (Å²) in [5.41, 5.74) is 1.73. The Kier molecular flexibility index (Phi) is 11.7. The molecule has 1 heterocycles. The normalized spacial score (nSPS) is 12.1. The van der Waals surface area contributed by atoms with Crippen molar-refractivity contribution in [3.05, 3.63) is 30.1 Å². The predicted octanol–water partition coefficient (Wildman–Crippen LogP) is 3.40. The molecule has 3 amide bonds. The first-order chi connectivity index (χ1) is 17.5. The number of ether oxygens (including phenoxy) is 1. The highest BCUT2D eigenvalue weighted by atomic mass is 16.5. The maximum Gasteiger partial charge on any atom is 0.319 e. The van der Waals surface area contributed by atoms with Crippen LogP contribution in [0.5, 0.6) is 0 Å². The van der Waals surface area contributed by atoms with Crippen molar-refractivity contribution >= 4 is 28.7 Å². The third-order valence-electron chi connectivity index (χ3n) is 6.55. The fourth-order valence-electron chi connectivity index (χ4n) is 3.59. The molecule has 0 spiro atoms. The zero-order valence-corrected chi connectivity index (χ0v) is 23.5. The topological polar surface area (TPSA) is 121 Å². The Labute approximate surface area is 221 Å². The van der Waals surface area contributed by atoms with Gasteiger partial charge in [-0.25, -0.2) is 9.78 Å². The lowest BCUT2D eigenvalue weighted by Gasteiger charge is -2.29. The van der Waals surface area contributed by atoms with Crippen molar-refractivity contribution in [2.24, 2.45) is 0 Å². The molecule has 1 aromatic carbocycles. The van der Waals surface area contributed by atoms with E-state index in [0.717, 1.165) is 26.1 Å². The highest BCUT2D eigenvalue weighted by Gasteiger charge is 2.21. The van der Waals surface area contributed by atoms with Gasteiger partial charge in [-0.05, 0) is 78.9 Å². The zero-order chi connectivity index (χ0) is 27.5. The third-order valence-corrected chi connectivity index (χ3v) is 6.55. The van der Waals surface area contributed by atoms with Crippen molar-refractivity contribution in [3.8, 4) is 0 Å². The van der Waals surface area contributed by atoms with E-state index in [1.807, 2.05) is 20.9 Å². The van der Waals surface area contributed by atoms with Crippen LogP contribution in [-0.2, 0) is 4.74 Å². The summed E-state index contributed by atoms with van der Waals surface area (Å²) < 4.78 is 6.03. The molecule has 0 unspecified atom stereocenters. The number of rotatable bonds is 15. The monoisotopic (exact) mass is 515 g/mol. The van der Waals surface area contributed by atoms with Crippen LogP contribution in [0.15, 0.2) is 24.4 Å². The molecule has 0 aliphatic heterocycles. The molecule has 2 aromatic rings. The van der Waals surface area contributed by atoms with Gasteiger partial charge in [-0.1, -0.05) is 13.8 Å². The standard InChI is InChI=1S/C27H45N7O3/c1-8-34(9-2)16-15-29-24(35)23-19-31-22-18-20(10-11-21(22)33-23)32-25(36)30-14-12-27(5,6)37-17-13-26(3,4)28-7/h10-11,18-19,28H,8-9,12-17H2,1-7H3,(H,29,35)(H2,30,32,36). The maximum atomic E-state index is 12.4. The Morgan fingerprint density at radius 1 is 1.00 bits per heavy atom. The number of carbonyl (C=O) groups excluding carboxylic acids is 2. The molecule has 10 nitrogen and oxygen atoms in total. The Balaban J connectivity index is 1.82. The van der Waals surface area contributed by atoms with Crippen LogP contribution >= 0.6 is 0 Å². The number of aromatic nitrogens is 2. The molecular formula is C27H45N7O3. The van der Waals surface area contributed by atoms with E-state index in [4.69, 9.17) is 4.74 Å². The van der Waals surface area contributed by atoms with Crippen molar-refractivity contribution in [2.45, 2.75) is 65.5 Å². The van der Waals surface area contributed by atoms with E-state index in [2.05, 4.69) is 63.8 Å². The van der Waals surface area contributed by atoms with Crippen LogP contribution in [0, 0.1) is 0 Å². The molecule has 37 heavy (non-hydrogen) atoms. The Bertz CT molecular complexity index is 1020. The van der Waals surface area contributed by atoms with Gasteiger partial charge in [-0.3, -0.25) is 9.78 Å². The Morgan fingerprint density at radius 3 is 2.41 bits per heavy atom. The summed E-state index contributed by atoms with van der Waals surface area (Å²) in [5.74, 6) is -0.249. The van der Waals surface area contributed by atoms with Gasteiger partial charge < -0.3 is 30.9 Å². The van der Waals surface area contributed by atoms with Gasteiger partial charge in [0.25, 0.3) is 5.91 Å². The molecule has 0 radical (unpaired) electrons. The number of carbonyl (C=O) groups is 2. The van der Waals surface area contributed by atoms with Gasteiger partial charge in [-0.2, -0.15) is 0 Å². The summed E-state index contributed by atoms with van der Waals surface area (Å²) in [4.78, 5) is 35.8. The predicted molar refractivity (Wildman–Crippen MR) is 149 cm³/mol. The molecule has 1 aromatic heterocycles. The fraction of sp³-hybridized carbons (Fsp3) is 0.630. The lowest BCUT2D eigenvalue weighted by atomic mass is 10.0. The quantitative estimate of drug-likeness (QED) is 0.287. The summed E-state index contributed by atoms with van der Waals surface area (Å²) in [6.45, 7) is 16.9. The lowest BCUT2D eigenvalue weighted by Crippen LogP contribution is -2.39. The summed E-state index contributed by atoms with van der Waals surface area (Å²) >= 11 is 0. The number of likely N-dealkylation sites (N-methyl/N-ethyl adjacent to an activating group) is 1. The number of benzene rings is 1. The lowest BCUT2D eigenvalue weighted by molar-refractivity contribution is -0.0295. The van der Waals surface area contributed by atoms with E-state index in [1.165, 1.54) is 6.20 Å². The first-order valence-electron chi connectivity index (χ1n) is 13.1. The van der Waals surface area contributed by atoms with Gasteiger partial charge >= 0.3 is 6.03 Å². The van der Waals surface area contributed by atoms with Gasteiger partial charge in [-0.15, -0.1) is 0 Å². The molecule has 206 valence electrons. The molecule has 2 rings (SSSR count). The summed E-state index contributed by atoms with van der Waals surface area (Å²) in [7, 11) is 1.95. The number of hydrogen-bond donors (Lipinski definition) is 4. The van der Waals surface area contributed by atoms with Crippen molar-refractivity contribution in [3.63, 3.8) is 0 Å². The molecule has 4 N–H and O–H groups in total. The van der Waals surface area contributed by atoms with Crippen molar-refractivity contribution in [2.75, 3.05) is 51.7 Å². The molecule has 10 heteroatoms. The highest BCUT2D eigenvalue weighted by Crippen LogP contribution is 2.18. The van der Waals surface area contributed by atoms with Gasteiger partial charge in [0.15, 0.2) is 0 Å². The highest BCUT2D eigenvalue weighted by molar-refractivity contribution is 5.95. The summed E-state index contributed by atoms with van der Waals surface area (Å²) in [5, 5.41) is 11.9. The average Bonchev–Trinajstić information content (AvgIpc) is 2.85. The maximum absolute atomic E-state index is 12.4. The van der Waals surface area contributed by atoms with Crippen LogP contribution in [-0.4, -0.2) is 84.3 Å². The molecule has 0 aliphatic rings. The van der Waals surface area contributed by atoms with Crippen LogP contribution in [0.2, 0.25) is 0 Å². The van der Waals surface area contributed by atoms with Crippen LogP contribution < -0.4 is 21.3 Å². The van der Waals surface area contributed by atoms with Crippen LogP contribution in [0.25, 0.3) is 11.0 Å². The number of amides is 3. The van der Waals surface area contributed by atoms with Crippen molar-refractivity contribution in [1.82, 2.24) is 30.8 Å². The largest absolute Gasteiger partial charge is 0.375 e. The number of fused-ring (bicyclic) bond motifs is 1. The van der Waals surface area contributed by atoms with E-state index >= 15 is 0 Å². The fourth-order valence-corrected chi connectivity index (χ4v) is 3.59. The van der Waals surface area contributed by atoms with Crippen LogP contribution in [0.3, 0.4) is 0 Å². The molecule has 0 saturated heterocycles. The van der Waals surface area contributed by atoms with Crippen LogP contribution in [0.1, 0.15) is 64.9 Å². The third kappa shape index (κ3) is 10.6. The molecule has 0 saturated carbocycles. The molecule has 0 fully saturated rings. The van der Waals surface area contributed by atoms with Crippen molar-refractivity contribution in [1.29, 1.82) is 0 Å². The Hall–Kier alpha value is -2.82. The second kappa shape index (κ2) is 14.2. The number of nitrogens with zero attached hydrogens (tertiary/aromatic N) is 3. The van der Waals surface area contributed by atoms with Crippen LogP contribution in [0.4, 0.5) is 10.5 Å². The summed E-state index contributed by atoms with van der Waals surface area (Å²) in [6, 6.07) is 4.92. The van der Waals surface area contributed by atoms with E-state index in [-0.39, 0.29) is 28.8 Å².